The van der Waals surface area contributed by atoms with E-state index in [0.717, 1.165) is 10.0 Å². The average molecular weight is 546 g/mol. The van der Waals surface area contributed by atoms with Gasteiger partial charge in [0.1, 0.15) is 5.82 Å². The second-order valence-electron chi connectivity index (χ2n) is 8.03. The minimum atomic E-state index is -3.89. The highest BCUT2D eigenvalue weighted by Crippen LogP contribution is 2.22. The van der Waals surface area contributed by atoms with E-state index >= 15 is 0 Å². The Morgan fingerprint density at radius 3 is 2.15 bits per heavy atom. The molecule has 0 N–H and O–H groups in total. The largest absolute Gasteiger partial charge is 0.366 e. The van der Waals surface area contributed by atoms with Gasteiger partial charge in [0.15, 0.2) is 0 Å². The second kappa shape index (κ2) is 10.7. The van der Waals surface area contributed by atoms with Crippen LogP contribution in [-0.4, -0.2) is 56.3 Å². The predicted molar refractivity (Wildman–Crippen MR) is 133 cm³/mol. The number of benzene rings is 3. The molecule has 0 saturated carbocycles. The lowest BCUT2D eigenvalue weighted by Crippen LogP contribution is -2.52. The first-order valence-corrected chi connectivity index (χ1v) is 13.1. The Balaban J connectivity index is 1.49. The van der Waals surface area contributed by atoms with Gasteiger partial charge in [0, 0.05) is 37.2 Å². The maximum absolute atomic E-state index is 14.1. The molecule has 0 unspecified atom stereocenters. The smallest absolute Gasteiger partial charge is 0.243 e. The molecule has 1 heterocycles. The van der Waals surface area contributed by atoms with Gasteiger partial charge < -0.3 is 9.80 Å². The van der Waals surface area contributed by atoms with Crippen LogP contribution in [0.15, 0.2) is 88.2 Å². The van der Waals surface area contributed by atoms with Crippen molar-refractivity contribution in [3.05, 3.63) is 94.7 Å². The minimum absolute atomic E-state index is 0.0748. The molecule has 34 heavy (non-hydrogen) atoms. The topological polar surface area (TPSA) is 60.9 Å². The first-order chi connectivity index (χ1) is 16.3. The minimum Gasteiger partial charge on any atom is -0.366 e. The molecule has 1 fully saturated rings. The Morgan fingerprint density at radius 2 is 1.50 bits per heavy atom. The fourth-order valence-electron chi connectivity index (χ4n) is 3.92. The molecule has 1 aliphatic rings. The Hall–Kier alpha value is -2.75. The van der Waals surface area contributed by atoms with E-state index in [2.05, 4.69) is 15.9 Å². The van der Waals surface area contributed by atoms with E-state index < -0.39 is 10.0 Å². The summed E-state index contributed by atoms with van der Waals surface area (Å²) in [6.45, 7) is 1.55. The summed E-state index contributed by atoms with van der Waals surface area (Å²) in [6, 6.07) is 22.0. The summed E-state index contributed by atoms with van der Waals surface area (Å²) >= 11 is 3.39. The van der Waals surface area contributed by atoms with E-state index in [9.17, 15) is 17.6 Å². The van der Waals surface area contributed by atoms with E-state index in [0.29, 0.717) is 31.9 Å². The fraction of sp³-hybridized carbons (Fsp3) is 0.240. The van der Waals surface area contributed by atoms with Crippen molar-refractivity contribution < 1.29 is 17.6 Å². The normalized spacial score (nSPS) is 14.4. The van der Waals surface area contributed by atoms with Gasteiger partial charge in [-0.15, -0.1) is 0 Å². The lowest BCUT2D eigenvalue weighted by Gasteiger charge is -2.37. The number of para-hydroxylation sites is 1. The van der Waals surface area contributed by atoms with Gasteiger partial charge >= 0.3 is 0 Å². The zero-order valence-electron chi connectivity index (χ0n) is 18.5. The van der Waals surface area contributed by atoms with Gasteiger partial charge in [-0.3, -0.25) is 4.79 Å². The summed E-state index contributed by atoms with van der Waals surface area (Å²) in [6.07, 6.45) is 0. The molecular weight excluding hydrogens is 521 g/mol. The monoisotopic (exact) mass is 545 g/mol. The van der Waals surface area contributed by atoms with Gasteiger partial charge in [-0.2, -0.15) is 4.31 Å². The number of halogens is 2. The second-order valence-corrected chi connectivity index (χ2v) is 10.9. The number of carbonyl (C=O) groups excluding carboxylic acids is 1. The number of anilines is 1. The summed E-state index contributed by atoms with van der Waals surface area (Å²) in [7, 11) is -3.89. The van der Waals surface area contributed by atoms with Crippen molar-refractivity contribution in [1.82, 2.24) is 9.21 Å². The van der Waals surface area contributed by atoms with Crippen LogP contribution in [0.5, 0.6) is 0 Å². The van der Waals surface area contributed by atoms with E-state index in [1.807, 2.05) is 29.2 Å². The quantitative estimate of drug-likeness (QED) is 0.448. The first kappa shape index (κ1) is 24.4. The summed E-state index contributed by atoms with van der Waals surface area (Å²) in [5, 5.41) is 0. The molecule has 0 bridgehead atoms. The first-order valence-electron chi connectivity index (χ1n) is 10.9. The molecule has 0 aliphatic carbocycles. The molecular formula is C25H25BrFN3O3S. The summed E-state index contributed by atoms with van der Waals surface area (Å²) in [5.74, 6) is -0.568. The standard InChI is InChI=1S/C25H25BrFN3O3S/c26-21-12-10-20(11-13-21)18-30(34(32,33)22-6-2-1-3-7-22)19-25(31)29-16-14-28(15-17-29)24-9-5-4-8-23(24)27/h1-13H,14-19H2. The van der Waals surface area contributed by atoms with E-state index in [1.165, 1.54) is 22.5 Å². The zero-order valence-corrected chi connectivity index (χ0v) is 20.9. The number of amides is 1. The van der Waals surface area contributed by atoms with Gasteiger partial charge in [0.25, 0.3) is 0 Å². The van der Waals surface area contributed by atoms with Crippen LogP contribution >= 0.6 is 15.9 Å². The van der Waals surface area contributed by atoms with Crippen molar-refractivity contribution in [2.45, 2.75) is 11.4 Å². The molecule has 1 amide bonds. The summed E-state index contributed by atoms with van der Waals surface area (Å²) in [4.78, 5) is 16.9. The molecule has 0 radical (unpaired) electrons. The third-order valence-corrected chi connectivity index (χ3v) is 8.12. The van der Waals surface area contributed by atoms with Crippen LogP contribution < -0.4 is 4.90 Å². The number of piperazine rings is 1. The van der Waals surface area contributed by atoms with Crippen LogP contribution in [0.1, 0.15) is 5.56 Å². The van der Waals surface area contributed by atoms with Crippen molar-refractivity contribution >= 4 is 37.5 Å². The SMILES string of the molecule is O=C(CN(Cc1ccc(Br)cc1)S(=O)(=O)c1ccccc1)N1CCN(c2ccccc2F)CC1. The number of hydrogen-bond donors (Lipinski definition) is 0. The molecule has 1 saturated heterocycles. The van der Waals surface area contributed by atoms with Crippen molar-refractivity contribution in [3.63, 3.8) is 0 Å². The van der Waals surface area contributed by atoms with Crippen molar-refractivity contribution in [2.75, 3.05) is 37.6 Å². The number of carbonyl (C=O) groups is 1. The maximum Gasteiger partial charge on any atom is 0.243 e. The maximum atomic E-state index is 14.1. The van der Waals surface area contributed by atoms with Crippen LogP contribution in [0.2, 0.25) is 0 Å². The van der Waals surface area contributed by atoms with E-state index in [4.69, 9.17) is 0 Å². The zero-order chi connectivity index (χ0) is 24.1. The number of rotatable bonds is 7. The molecule has 6 nitrogen and oxygen atoms in total. The third kappa shape index (κ3) is 5.65. The Morgan fingerprint density at radius 1 is 0.882 bits per heavy atom. The van der Waals surface area contributed by atoms with Gasteiger partial charge in [-0.1, -0.05) is 58.4 Å². The van der Waals surface area contributed by atoms with Crippen LogP contribution in [0.25, 0.3) is 0 Å². The van der Waals surface area contributed by atoms with Crippen LogP contribution in [0, 0.1) is 5.82 Å². The highest BCUT2D eigenvalue weighted by Gasteiger charge is 2.30. The van der Waals surface area contributed by atoms with Crippen LogP contribution in [-0.2, 0) is 21.4 Å². The summed E-state index contributed by atoms with van der Waals surface area (Å²) in [5.41, 5.74) is 1.29. The van der Waals surface area contributed by atoms with Gasteiger partial charge in [-0.05, 0) is 42.0 Å². The predicted octanol–water partition coefficient (Wildman–Crippen LogP) is 4.13. The molecule has 0 spiro atoms. The van der Waals surface area contributed by atoms with Crippen molar-refractivity contribution in [2.24, 2.45) is 0 Å². The van der Waals surface area contributed by atoms with Crippen molar-refractivity contribution in [1.29, 1.82) is 0 Å². The molecule has 0 aromatic heterocycles. The van der Waals surface area contributed by atoms with Gasteiger partial charge in [0.2, 0.25) is 15.9 Å². The Labute approximate surface area is 207 Å². The number of sulfonamides is 1. The third-order valence-electron chi connectivity index (χ3n) is 5.79. The molecule has 0 atom stereocenters. The number of nitrogens with zero attached hydrogens (tertiary/aromatic N) is 3. The molecule has 4 rings (SSSR count). The fourth-order valence-corrected chi connectivity index (χ4v) is 5.58. The highest BCUT2D eigenvalue weighted by atomic mass is 79.9. The molecule has 178 valence electrons. The summed E-state index contributed by atoms with van der Waals surface area (Å²) < 4.78 is 43.0. The number of hydrogen-bond acceptors (Lipinski definition) is 4. The Kier molecular flexibility index (Phi) is 7.65. The molecule has 3 aromatic carbocycles. The van der Waals surface area contributed by atoms with Gasteiger partial charge in [-0.25, -0.2) is 12.8 Å². The van der Waals surface area contributed by atoms with E-state index in [-0.39, 0.29) is 29.7 Å². The van der Waals surface area contributed by atoms with Crippen LogP contribution in [0.3, 0.4) is 0 Å². The van der Waals surface area contributed by atoms with Crippen LogP contribution in [0.4, 0.5) is 10.1 Å². The molecule has 1 aliphatic heterocycles. The lowest BCUT2D eigenvalue weighted by atomic mass is 10.2. The Bertz CT molecular complexity index is 1230. The molecule has 3 aromatic rings. The van der Waals surface area contributed by atoms with Crippen molar-refractivity contribution in [3.8, 4) is 0 Å². The van der Waals surface area contributed by atoms with Gasteiger partial charge in [0.05, 0.1) is 17.1 Å². The average Bonchev–Trinajstić information content (AvgIpc) is 2.86. The lowest BCUT2D eigenvalue weighted by molar-refractivity contribution is -0.131. The molecule has 9 heteroatoms. The van der Waals surface area contributed by atoms with E-state index in [1.54, 1.807) is 41.3 Å². The highest BCUT2D eigenvalue weighted by molar-refractivity contribution is 9.10.